The van der Waals surface area contributed by atoms with Crippen LogP contribution >= 0.6 is 0 Å². The molecule has 6 heteroatoms. The lowest BCUT2D eigenvalue weighted by atomic mass is 10.00. The Hall–Kier alpha value is -2.70. The molecule has 0 aliphatic rings. The molecule has 5 nitrogen and oxygen atoms in total. The summed E-state index contributed by atoms with van der Waals surface area (Å²) in [6.07, 6.45) is 3.09. The number of rotatable bonds is 4. The van der Waals surface area contributed by atoms with Gasteiger partial charge < -0.3 is 4.74 Å². The molecular weight excluding hydrogens is 326 g/mol. The van der Waals surface area contributed by atoms with Crippen molar-refractivity contribution < 1.29 is 17.7 Å². The van der Waals surface area contributed by atoms with Crippen LogP contribution < -0.4 is 4.74 Å². The van der Waals surface area contributed by atoms with Gasteiger partial charge >= 0.3 is 0 Å². The SMILES string of the molecule is COc1cccc(-c2ncc3ccccc3c2/C=C/S(=O)(=O)O)c1. The molecule has 0 spiro atoms. The Labute approximate surface area is 140 Å². The smallest absolute Gasteiger partial charge is 0.287 e. The van der Waals surface area contributed by atoms with Crippen LogP contribution in [0.2, 0.25) is 0 Å². The molecule has 2 aromatic carbocycles. The third kappa shape index (κ3) is 3.45. The van der Waals surface area contributed by atoms with Crippen molar-refractivity contribution in [2.24, 2.45) is 0 Å². The van der Waals surface area contributed by atoms with Crippen molar-refractivity contribution in [1.82, 2.24) is 4.98 Å². The summed E-state index contributed by atoms with van der Waals surface area (Å²) in [5.41, 5.74) is 2.00. The zero-order chi connectivity index (χ0) is 17.2. The monoisotopic (exact) mass is 341 g/mol. The van der Waals surface area contributed by atoms with Gasteiger partial charge in [0.15, 0.2) is 0 Å². The van der Waals surface area contributed by atoms with Crippen LogP contribution in [0.25, 0.3) is 28.1 Å². The minimum Gasteiger partial charge on any atom is -0.497 e. The highest BCUT2D eigenvalue weighted by Gasteiger charge is 2.11. The van der Waals surface area contributed by atoms with Crippen LogP contribution in [0, 0.1) is 0 Å². The van der Waals surface area contributed by atoms with Crippen molar-refractivity contribution in [2.75, 3.05) is 7.11 Å². The van der Waals surface area contributed by atoms with E-state index in [1.165, 1.54) is 6.08 Å². The second-order valence-electron chi connectivity index (χ2n) is 5.16. The summed E-state index contributed by atoms with van der Waals surface area (Å²) in [5.74, 6) is 0.673. The fourth-order valence-corrected chi connectivity index (χ4v) is 2.82. The van der Waals surface area contributed by atoms with Gasteiger partial charge in [-0.15, -0.1) is 0 Å². The molecule has 3 aromatic rings. The molecule has 1 heterocycles. The summed E-state index contributed by atoms with van der Waals surface area (Å²) in [5, 5.41) is 2.48. The quantitative estimate of drug-likeness (QED) is 0.731. The van der Waals surface area contributed by atoms with E-state index in [1.807, 2.05) is 48.5 Å². The van der Waals surface area contributed by atoms with Gasteiger partial charge in [-0.25, -0.2) is 0 Å². The molecule has 0 saturated heterocycles. The molecule has 1 aromatic heterocycles. The van der Waals surface area contributed by atoms with Crippen molar-refractivity contribution in [1.29, 1.82) is 0 Å². The van der Waals surface area contributed by atoms with Crippen molar-refractivity contribution in [2.45, 2.75) is 0 Å². The molecule has 0 aliphatic heterocycles. The minimum absolute atomic E-state index is 0.604. The van der Waals surface area contributed by atoms with Crippen molar-refractivity contribution >= 4 is 27.0 Å². The molecule has 0 atom stereocenters. The van der Waals surface area contributed by atoms with E-state index >= 15 is 0 Å². The fourth-order valence-electron chi connectivity index (χ4n) is 2.51. The summed E-state index contributed by atoms with van der Waals surface area (Å²) in [6, 6.07) is 14.9. The van der Waals surface area contributed by atoms with Gasteiger partial charge in [0.05, 0.1) is 18.2 Å². The number of fused-ring (bicyclic) bond motifs is 1. The third-order valence-electron chi connectivity index (χ3n) is 3.59. The standard InChI is InChI=1S/C18H15NO4S/c1-23-15-7-4-6-13(11-15)18-17(9-10-24(20,21)22)16-8-3-2-5-14(16)12-19-18/h2-12H,1H3,(H,20,21,22)/b10-9+. The zero-order valence-electron chi connectivity index (χ0n) is 12.9. The number of aromatic nitrogens is 1. The first-order chi connectivity index (χ1) is 11.5. The average molecular weight is 341 g/mol. The maximum absolute atomic E-state index is 11.1. The van der Waals surface area contributed by atoms with Gasteiger partial charge in [0.2, 0.25) is 0 Å². The third-order valence-corrected chi connectivity index (χ3v) is 4.07. The van der Waals surface area contributed by atoms with E-state index in [2.05, 4.69) is 4.98 Å². The fraction of sp³-hybridized carbons (Fsp3) is 0.0556. The average Bonchev–Trinajstić information content (AvgIpc) is 2.58. The predicted octanol–water partition coefficient (Wildman–Crippen LogP) is 3.77. The van der Waals surface area contributed by atoms with Crippen molar-refractivity contribution in [3.05, 3.63) is 65.7 Å². The lowest BCUT2D eigenvalue weighted by Crippen LogP contribution is -1.94. The number of benzene rings is 2. The topological polar surface area (TPSA) is 76.5 Å². The van der Waals surface area contributed by atoms with Gasteiger partial charge in [0.25, 0.3) is 10.1 Å². The van der Waals surface area contributed by atoms with E-state index < -0.39 is 10.1 Å². The molecule has 0 bridgehead atoms. The molecule has 0 unspecified atom stereocenters. The summed E-state index contributed by atoms with van der Waals surface area (Å²) in [4.78, 5) is 4.47. The molecule has 0 radical (unpaired) electrons. The summed E-state index contributed by atoms with van der Waals surface area (Å²) in [7, 11) is -2.66. The number of pyridine rings is 1. The van der Waals surface area contributed by atoms with Crippen LogP contribution in [0.3, 0.4) is 0 Å². The van der Waals surface area contributed by atoms with E-state index in [4.69, 9.17) is 9.29 Å². The molecule has 0 saturated carbocycles. The van der Waals surface area contributed by atoms with Crippen LogP contribution in [-0.2, 0) is 10.1 Å². The van der Waals surface area contributed by atoms with Crippen molar-refractivity contribution in [3.8, 4) is 17.0 Å². The Morgan fingerprint density at radius 3 is 2.67 bits per heavy atom. The molecule has 0 fully saturated rings. The van der Waals surface area contributed by atoms with Gasteiger partial charge in [-0.1, -0.05) is 36.4 Å². The normalized spacial score (nSPS) is 11.9. The van der Waals surface area contributed by atoms with E-state index in [9.17, 15) is 8.42 Å². The largest absolute Gasteiger partial charge is 0.497 e. The van der Waals surface area contributed by atoms with Crippen LogP contribution in [0.4, 0.5) is 0 Å². The minimum atomic E-state index is -4.24. The van der Waals surface area contributed by atoms with E-state index in [0.717, 1.165) is 21.7 Å². The molecule has 122 valence electrons. The van der Waals surface area contributed by atoms with Gasteiger partial charge in [-0.05, 0) is 23.6 Å². The summed E-state index contributed by atoms with van der Waals surface area (Å²) >= 11 is 0. The maximum atomic E-state index is 11.1. The second kappa shape index (κ2) is 6.43. The first-order valence-electron chi connectivity index (χ1n) is 7.16. The number of hydrogen-bond donors (Lipinski definition) is 1. The molecule has 0 aliphatic carbocycles. The lowest BCUT2D eigenvalue weighted by molar-refractivity contribution is 0.415. The highest BCUT2D eigenvalue weighted by molar-refractivity contribution is 7.88. The Morgan fingerprint density at radius 1 is 1.12 bits per heavy atom. The molecular formula is C18H15NO4S. The van der Waals surface area contributed by atoms with E-state index in [0.29, 0.717) is 17.0 Å². The van der Waals surface area contributed by atoms with Gasteiger partial charge in [-0.2, -0.15) is 8.42 Å². The summed E-state index contributed by atoms with van der Waals surface area (Å²) in [6.45, 7) is 0. The van der Waals surface area contributed by atoms with Crippen LogP contribution in [-0.4, -0.2) is 25.1 Å². The first-order valence-corrected chi connectivity index (χ1v) is 8.66. The Kier molecular flexibility index (Phi) is 4.33. The molecule has 1 N–H and O–H groups in total. The summed E-state index contributed by atoms with van der Waals surface area (Å²) < 4.78 is 36.5. The zero-order valence-corrected chi connectivity index (χ0v) is 13.7. The highest BCUT2D eigenvalue weighted by Crippen LogP contribution is 2.31. The number of nitrogens with zero attached hydrogens (tertiary/aromatic N) is 1. The first kappa shape index (κ1) is 16.2. The van der Waals surface area contributed by atoms with E-state index in [1.54, 1.807) is 13.3 Å². The van der Waals surface area contributed by atoms with Crippen LogP contribution in [0.1, 0.15) is 5.56 Å². The van der Waals surface area contributed by atoms with E-state index in [-0.39, 0.29) is 0 Å². The van der Waals surface area contributed by atoms with Crippen LogP contribution in [0.5, 0.6) is 5.75 Å². The Bertz CT molecular complexity index is 1030. The molecule has 24 heavy (non-hydrogen) atoms. The Morgan fingerprint density at radius 2 is 1.92 bits per heavy atom. The van der Waals surface area contributed by atoms with Gasteiger partial charge in [0, 0.05) is 22.7 Å². The number of ether oxygens (including phenoxy) is 1. The predicted molar refractivity (Wildman–Crippen MR) is 94.3 cm³/mol. The van der Waals surface area contributed by atoms with Gasteiger partial charge in [-0.3, -0.25) is 9.54 Å². The number of hydrogen-bond acceptors (Lipinski definition) is 4. The van der Waals surface area contributed by atoms with Gasteiger partial charge in [0.1, 0.15) is 5.75 Å². The lowest BCUT2D eigenvalue weighted by Gasteiger charge is -2.10. The molecule has 0 amide bonds. The Balaban J connectivity index is 2.29. The number of methoxy groups -OCH3 is 1. The maximum Gasteiger partial charge on any atom is 0.287 e. The second-order valence-corrected chi connectivity index (χ2v) is 6.46. The molecule has 3 rings (SSSR count). The highest BCUT2D eigenvalue weighted by atomic mass is 32.2. The van der Waals surface area contributed by atoms with Crippen LogP contribution in [0.15, 0.2) is 60.1 Å². The van der Waals surface area contributed by atoms with Crippen molar-refractivity contribution in [3.63, 3.8) is 0 Å².